The van der Waals surface area contributed by atoms with Crippen LogP contribution in [0.4, 0.5) is 11.4 Å². The lowest BCUT2D eigenvalue weighted by molar-refractivity contribution is -0.114. The normalized spacial score (nSPS) is 16.7. The van der Waals surface area contributed by atoms with Crippen LogP contribution >= 0.6 is 0 Å². The zero-order valence-electron chi connectivity index (χ0n) is 12.5. The van der Waals surface area contributed by atoms with E-state index in [0.717, 1.165) is 16.9 Å². The Balaban J connectivity index is 1.89. The highest BCUT2D eigenvalue weighted by molar-refractivity contribution is 6.01. The highest BCUT2D eigenvalue weighted by Crippen LogP contribution is 2.32. The van der Waals surface area contributed by atoms with E-state index in [1.54, 1.807) is 11.9 Å². The van der Waals surface area contributed by atoms with E-state index >= 15 is 0 Å². The zero-order chi connectivity index (χ0) is 15.7. The van der Waals surface area contributed by atoms with Gasteiger partial charge in [0, 0.05) is 25.3 Å². The van der Waals surface area contributed by atoms with Crippen LogP contribution in [-0.2, 0) is 4.79 Å². The number of amides is 2. The van der Waals surface area contributed by atoms with Crippen LogP contribution in [-0.4, -0.2) is 23.8 Å². The first-order valence-corrected chi connectivity index (χ1v) is 7.06. The Kier molecular flexibility index (Phi) is 3.55. The number of benzene rings is 2. The molecule has 22 heavy (non-hydrogen) atoms. The summed E-state index contributed by atoms with van der Waals surface area (Å²) in [7, 11) is 1.78. The van der Waals surface area contributed by atoms with Crippen molar-refractivity contribution in [2.75, 3.05) is 17.7 Å². The molecule has 0 saturated heterocycles. The minimum Gasteiger partial charge on any atom is -0.361 e. The second-order valence-corrected chi connectivity index (χ2v) is 5.31. The van der Waals surface area contributed by atoms with Crippen LogP contribution < -0.4 is 10.6 Å². The lowest BCUT2D eigenvalue weighted by Gasteiger charge is -2.35. The largest absolute Gasteiger partial charge is 0.361 e. The molecule has 0 bridgehead atoms. The topological polar surface area (TPSA) is 61.4 Å². The average Bonchev–Trinajstić information content (AvgIpc) is 2.51. The molecule has 1 aliphatic heterocycles. The van der Waals surface area contributed by atoms with Crippen molar-refractivity contribution in [3.63, 3.8) is 0 Å². The molecule has 0 saturated carbocycles. The number of hydrogen-bond acceptors (Lipinski definition) is 3. The van der Waals surface area contributed by atoms with E-state index in [1.807, 2.05) is 48.5 Å². The summed E-state index contributed by atoms with van der Waals surface area (Å²) in [4.78, 5) is 25.2. The molecular weight excluding hydrogens is 278 g/mol. The molecule has 0 spiro atoms. The molecule has 0 unspecified atom stereocenters. The first kappa shape index (κ1) is 14.1. The van der Waals surface area contributed by atoms with Gasteiger partial charge < -0.3 is 15.5 Å². The highest BCUT2D eigenvalue weighted by Gasteiger charge is 2.29. The summed E-state index contributed by atoms with van der Waals surface area (Å²) in [6, 6.07) is 14.9. The summed E-state index contributed by atoms with van der Waals surface area (Å²) in [6.07, 6.45) is -0.228. The van der Waals surface area contributed by atoms with Crippen molar-refractivity contribution < 1.29 is 9.59 Å². The molecule has 1 heterocycles. The maximum absolute atomic E-state index is 12.4. The van der Waals surface area contributed by atoms with Crippen molar-refractivity contribution in [1.29, 1.82) is 0 Å². The number of carbonyl (C=O) groups is 2. The highest BCUT2D eigenvalue weighted by atomic mass is 16.2. The van der Waals surface area contributed by atoms with Gasteiger partial charge in [-0.3, -0.25) is 9.59 Å². The van der Waals surface area contributed by atoms with Crippen LogP contribution in [0.15, 0.2) is 48.5 Å². The first-order chi connectivity index (χ1) is 10.6. The molecular formula is C17H17N3O2. The van der Waals surface area contributed by atoms with E-state index in [1.165, 1.54) is 6.92 Å². The van der Waals surface area contributed by atoms with Crippen molar-refractivity contribution in [3.8, 4) is 0 Å². The predicted octanol–water partition coefficient (Wildman–Crippen LogP) is 2.84. The molecule has 3 rings (SSSR count). The van der Waals surface area contributed by atoms with Crippen LogP contribution in [0, 0.1) is 0 Å². The molecule has 0 aliphatic carbocycles. The first-order valence-electron chi connectivity index (χ1n) is 7.06. The van der Waals surface area contributed by atoms with Crippen molar-refractivity contribution in [2.24, 2.45) is 0 Å². The van der Waals surface area contributed by atoms with Crippen LogP contribution in [0.3, 0.4) is 0 Å². The molecule has 2 amide bonds. The second kappa shape index (κ2) is 5.52. The SMILES string of the molecule is CC(=O)Nc1ccc([C@H]2Nc3ccccc3C(=O)N2C)cc1. The summed E-state index contributed by atoms with van der Waals surface area (Å²) >= 11 is 0. The van der Waals surface area contributed by atoms with Gasteiger partial charge in [-0.15, -0.1) is 0 Å². The third kappa shape index (κ3) is 2.53. The van der Waals surface area contributed by atoms with Gasteiger partial charge in [-0.2, -0.15) is 0 Å². The van der Waals surface area contributed by atoms with Crippen molar-refractivity contribution in [3.05, 3.63) is 59.7 Å². The number of carbonyl (C=O) groups excluding carboxylic acids is 2. The van der Waals surface area contributed by atoms with E-state index in [2.05, 4.69) is 10.6 Å². The molecule has 0 radical (unpaired) electrons. The molecule has 0 fully saturated rings. The van der Waals surface area contributed by atoms with Crippen LogP contribution in [0.5, 0.6) is 0 Å². The van der Waals surface area contributed by atoms with Crippen LogP contribution in [0.1, 0.15) is 29.0 Å². The Morgan fingerprint density at radius 2 is 1.82 bits per heavy atom. The summed E-state index contributed by atoms with van der Waals surface area (Å²) in [6.45, 7) is 1.47. The van der Waals surface area contributed by atoms with Crippen molar-refractivity contribution in [2.45, 2.75) is 13.1 Å². The Labute approximate surface area is 128 Å². The summed E-state index contributed by atoms with van der Waals surface area (Å²) in [5, 5.41) is 6.10. The zero-order valence-corrected chi connectivity index (χ0v) is 12.5. The standard InChI is InChI=1S/C17H17N3O2/c1-11(21)18-13-9-7-12(8-10-13)16-19-15-6-4-3-5-14(15)17(22)20(16)2/h3-10,16,19H,1-2H3,(H,18,21)/t16-/m0/s1. The van der Waals surface area contributed by atoms with Crippen molar-refractivity contribution >= 4 is 23.2 Å². The summed E-state index contributed by atoms with van der Waals surface area (Å²) in [5.41, 5.74) is 3.21. The number of para-hydroxylation sites is 1. The fourth-order valence-electron chi connectivity index (χ4n) is 2.61. The minimum absolute atomic E-state index is 0.00899. The van der Waals surface area contributed by atoms with Gasteiger partial charge in [-0.1, -0.05) is 24.3 Å². The van der Waals surface area contributed by atoms with E-state index in [9.17, 15) is 9.59 Å². The van der Waals surface area contributed by atoms with Gasteiger partial charge in [0.05, 0.1) is 5.56 Å². The smallest absolute Gasteiger partial charge is 0.257 e. The van der Waals surface area contributed by atoms with Gasteiger partial charge >= 0.3 is 0 Å². The molecule has 2 aromatic rings. The summed E-state index contributed by atoms with van der Waals surface area (Å²) in [5.74, 6) is -0.116. The van der Waals surface area contributed by atoms with E-state index in [4.69, 9.17) is 0 Å². The number of hydrogen-bond donors (Lipinski definition) is 2. The number of nitrogens with zero attached hydrogens (tertiary/aromatic N) is 1. The fraction of sp³-hybridized carbons (Fsp3) is 0.176. The Morgan fingerprint density at radius 1 is 1.14 bits per heavy atom. The fourth-order valence-corrected chi connectivity index (χ4v) is 2.61. The van der Waals surface area contributed by atoms with Crippen LogP contribution in [0.25, 0.3) is 0 Å². The molecule has 0 aromatic heterocycles. The molecule has 2 aromatic carbocycles. The predicted molar refractivity (Wildman–Crippen MR) is 85.6 cm³/mol. The average molecular weight is 295 g/mol. The van der Waals surface area contributed by atoms with E-state index in [0.29, 0.717) is 5.56 Å². The van der Waals surface area contributed by atoms with Gasteiger partial charge in [0.15, 0.2) is 0 Å². The quantitative estimate of drug-likeness (QED) is 0.895. The third-order valence-electron chi connectivity index (χ3n) is 3.70. The van der Waals surface area contributed by atoms with Gasteiger partial charge in [0.2, 0.25) is 5.91 Å². The number of fused-ring (bicyclic) bond motifs is 1. The lowest BCUT2D eigenvalue weighted by Crippen LogP contribution is -2.40. The lowest BCUT2D eigenvalue weighted by atomic mass is 10.0. The van der Waals surface area contributed by atoms with Crippen LogP contribution in [0.2, 0.25) is 0 Å². The molecule has 1 aliphatic rings. The maximum atomic E-state index is 12.4. The molecule has 5 heteroatoms. The van der Waals surface area contributed by atoms with E-state index in [-0.39, 0.29) is 18.0 Å². The monoisotopic (exact) mass is 295 g/mol. The van der Waals surface area contributed by atoms with Gasteiger partial charge in [0.25, 0.3) is 5.91 Å². The Hall–Kier alpha value is -2.82. The van der Waals surface area contributed by atoms with Gasteiger partial charge in [-0.05, 0) is 29.8 Å². The number of nitrogens with one attached hydrogen (secondary N) is 2. The Morgan fingerprint density at radius 3 is 2.50 bits per heavy atom. The number of anilines is 2. The molecule has 5 nitrogen and oxygen atoms in total. The minimum atomic E-state index is -0.228. The van der Waals surface area contributed by atoms with E-state index < -0.39 is 0 Å². The van der Waals surface area contributed by atoms with Gasteiger partial charge in [0.1, 0.15) is 6.17 Å². The number of rotatable bonds is 2. The van der Waals surface area contributed by atoms with Crippen molar-refractivity contribution in [1.82, 2.24) is 4.90 Å². The maximum Gasteiger partial charge on any atom is 0.257 e. The molecule has 112 valence electrons. The second-order valence-electron chi connectivity index (χ2n) is 5.31. The third-order valence-corrected chi connectivity index (χ3v) is 3.70. The van der Waals surface area contributed by atoms with Gasteiger partial charge in [-0.25, -0.2) is 0 Å². The Bertz CT molecular complexity index is 725. The molecule has 2 N–H and O–H groups in total. The molecule has 1 atom stereocenters. The summed E-state index contributed by atoms with van der Waals surface area (Å²) < 4.78 is 0.